The lowest BCUT2D eigenvalue weighted by Gasteiger charge is -2.35. The molecule has 0 unspecified atom stereocenters. The van der Waals surface area contributed by atoms with E-state index in [-0.39, 0.29) is 0 Å². The summed E-state index contributed by atoms with van der Waals surface area (Å²) >= 11 is 1.74. The number of anilines is 1. The third kappa shape index (κ3) is 2.65. The molecular formula is C15H22N4S. The molecule has 1 aliphatic rings. The van der Waals surface area contributed by atoms with Gasteiger partial charge >= 0.3 is 0 Å². The highest BCUT2D eigenvalue weighted by molar-refractivity contribution is 7.18. The second-order valence-corrected chi connectivity index (χ2v) is 6.78. The molecule has 0 aromatic carbocycles. The summed E-state index contributed by atoms with van der Waals surface area (Å²) in [6.07, 6.45) is 8.22. The molecule has 0 amide bonds. The van der Waals surface area contributed by atoms with E-state index in [0.29, 0.717) is 12.6 Å². The van der Waals surface area contributed by atoms with Gasteiger partial charge in [0.1, 0.15) is 17.0 Å². The quantitative estimate of drug-likeness (QED) is 0.940. The van der Waals surface area contributed by atoms with Crippen LogP contribution in [-0.2, 0) is 0 Å². The summed E-state index contributed by atoms with van der Waals surface area (Å²) in [4.78, 5) is 13.8. The Morgan fingerprint density at radius 3 is 2.85 bits per heavy atom. The standard InChI is InChI=1S/C15H22N4S/c1-11-9-13-14(17-10-18-15(13)20-11)19(8-7-16)12-5-3-2-4-6-12/h9-10,12H,2-8,16H2,1H3. The third-order valence-corrected chi connectivity index (χ3v) is 5.05. The van der Waals surface area contributed by atoms with Crippen molar-refractivity contribution in [2.24, 2.45) is 5.73 Å². The number of nitrogens with two attached hydrogens (primary N) is 1. The average Bonchev–Trinajstić information content (AvgIpc) is 2.86. The Balaban J connectivity index is 1.99. The number of aryl methyl sites for hydroxylation is 1. The zero-order chi connectivity index (χ0) is 13.9. The van der Waals surface area contributed by atoms with Gasteiger partial charge in [-0.3, -0.25) is 0 Å². The molecular weight excluding hydrogens is 268 g/mol. The zero-order valence-electron chi connectivity index (χ0n) is 12.0. The minimum absolute atomic E-state index is 0.589. The normalized spacial score (nSPS) is 16.7. The highest BCUT2D eigenvalue weighted by Crippen LogP contribution is 2.33. The fourth-order valence-electron chi connectivity index (χ4n) is 3.19. The predicted molar refractivity (Wildman–Crippen MR) is 85.4 cm³/mol. The van der Waals surface area contributed by atoms with Crippen molar-refractivity contribution < 1.29 is 0 Å². The van der Waals surface area contributed by atoms with Crippen LogP contribution in [0.25, 0.3) is 10.2 Å². The summed E-state index contributed by atoms with van der Waals surface area (Å²) in [5.74, 6) is 1.08. The molecule has 20 heavy (non-hydrogen) atoms. The van der Waals surface area contributed by atoms with Crippen LogP contribution >= 0.6 is 11.3 Å². The fourth-order valence-corrected chi connectivity index (χ4v) is 4.03. The van der Waals surface area contributed by atoms with E-state index in [1.54, 1.807) is 17.7 Å². The van der Waals surface area contributed by atoms with Crippen LogP contribution < -0.4 is 10.6 Å². The van der Waals surface area contributed by atoms with Gasteiger partial charge in [-0.15, -0.1) is 11.3 Å². The van der Waals surface area contributed by atoms with Crippen LogP contribution in [0.5, 0.6) is 0 Å². The minimum Gasteiger partial charge on any atom is -0.352 e. The average molecular weight is 290 g/mol. The SMILES string of the molecule is Cc1cc2c(N(CCN)C3CCCCC3)ncnc2s1. The highest BCUT2D eigenvalue weighted by atomic mass is 32.1. The van der Waals surface area contributed by atoms with Crippen LogP contribution in [0.3, 0.4) is 0 Å². The molecule has 2 aromatic rings. The lowest BCUT2D eigenvalue weighted by Crippen LogP contribution is -2.40. The van der Waals surface area contributed by atoms with E-state index in [9.17, 15) is 0 Å². The van der Waals surface area contributed by atoms with Gasteiger partial charge < -0.3 is 10.6 Å². The maximum absolute atomic E-state index is 5.84. The molecule has 3 rings (SSSR count). The number of rotatable bonds is 4. The molecule has 0 aliphatic heterocycles. The molecule has 2 N–H and O–H groups in total. The van der Waals surface area contributed by atoms with E-state index >= 15 is 0 Å². The molecule has 0 saturated heterocycles. The number of fused-ring (bicyclic) bond motifs is 1. The van der Waals surface area contributed by atoms with Gasteiger partial charge in [0.25, 0.3) is 0 Å². The summed E-state index contributed by atoms with van der Waals surface area (Å²) in [7, 11) is 0. The summed E-state index contributed by atoms with van der Waals surface area (Å²) in [5.41, 5.74) is 5.84. The molecule has 0 bridgehead atoms. The second-order valence-electron chi connectivity index (χ2n) is 5.55. The summed E-state index contributed by atoms with van der Waals surface area (Å²) in [6.45, 7) is 3.68. The molecule has 4 nitrogen and oxygen atoms in total. The first-order chi connectivity index (χ1) is 9.79. The molecule has 5 heteroatoms. The number of hydrogen-bond acceptors (Lipinski definition) is 5. The van der Waals surface area contributed by atoms with Crippen LogP contribution in [0.15, 0.2) is 12.4 Å². The predicted octanol–water partition coefficient (Wildman–Crippen LogP) is 3.10. The van der Waals surface area contributed by atoms with Gasteiger partial charge in [0.2, 0.25) is 0 Å². The van der Waals surface area contributed by atoms with Crippen LogP contribution in [0, 0.1) is 6.92 Å². The van der Waals surface area contributed by atoms with Crippen molar-refractivity contribution in [1.29, 1.82) is 0 Å². The first-order valence-electron chi connectivity index (χ1n) is 7.47. The molecule has 1 saturated carbocycles. The molecule has 0 radical (unpaired) electrons. The largest absolute Gasteiger partial charge is 0.352 e. The maximum atomic E-state index is 5.84. The van der Waals surface area contributed by atoms with Crippen molar-refractivity contribution in [3.8, 4) is 0 Å². The monoisotopic (exact) mass is 290 g/mol. The van der Waals surface area contributed by atoms with Crippen molar-refractivity contribution >= 4 is 27.4 Å². The summed E-state index contributed by atoms with van der Waals surface area (Å²) in [5, 5.41) is 1.19. The van der Waals surface area contributed by atoms with Crippen LogP contribution in [0.1, 0.15) is 37.0 Å². The molecule has 108 valence electrons. The number of thiophene rings is 1. The Bertz CT molecular complexity index is 574. The number of hydrogen-bond donors (Lipinski definition) is 1. The van der Waals surface area contributed by atoms with Crippen molar-refractivity contribution in [3.05, 3.63) is 17.3 Å². The van der Waals surface area contributed by atoms with Crippen molar-refractivity contribution in [3.63, 3.8) is 0 Å². The first-order valence-corrected chi connectivity index (χ1v) is 8.29. The van der Waals surface area contributed by atoms with Gasteiger partial charge in [-0.25, -0.2) is 9.97 Å². The summed E-state index contributed by atoms with van der Waals surface area (Å²) in [6, 6.07) is 2.80. The fraction of sp³-hybridized carbons (Fsp3) is 0.600. The summed E-state index contributed by atoms with van der Waals surface area (Å²) < 4.78 is 0. The van der Waals surface area contributed by atoms with E-state index < -0.39 is 0 Å². The third-order valence-electron chi connectivity index (χ3n) is 4.09. The highest BCUT2D eigenvalue weighted by Gasteiger charge is 2.23. The Kier molecular flexibility index (Phi) is 4.17. The second kappa shape index (κ2) is 6.06. The van der Waals surface area contributed by atoms with Crippen molar-refractivity contribution in [2.45, 2.75) is 45.1 Å². The van der Waals surface area contributed by atoms with Gasteiger partial charge in [0.15, 0.2) is 0 Å². The van der Waals surface area contributed by atoms with Crippen LogP contribution in [0.2, 0.25) is 0 Å². The van der Waals surface area contributed by atoms with Gasteiger partial charge in [0, 0.05) is 24.0 Å². The number of nitrogens with zero attached hydrogens (tertiary/aromatic N) is 3. The van der Waals surface area contributed by atoms with E-state index in [4.69, 9.17) is 5.73 Å². The minimum atomic E-state index is 0.589. The molecule has 2 aromatic heterocycles. The maximum Gasteiger partial charge on any atom is 0.141 e. The van der Waals surface area contributed by atoms with E-state index in [0.717, 1.165) is 17.2 Å². The molecule has 0 spiro atoms. The molecule has 1 fully saturated rings. The molecule has 1 aliphatic carbocycles. The van der Waals surface area contributed by atoms with Gasteiger partial charge in [-0.2, -0.15) is 0 Å². The molecule has 2 heterocycles. The van der Waals surface area contributed by atoms with E-state index in [2.05, 4.69) is 27.9 Å². The lowest BCUT2D eigenvalue weighted by atomic mass is 9.94. The Hall–Kier alpha value is -1.20. The van der Waals surface area contributed by atoms with Crippen molar-refractivity contribution in [2.75, 3.05) is 18.0 Å². The lowest BCUT2D eigenvalue weighted by molar-refractivity contribution is 0.414. The number of aromatic nitrogens is 2. The van der Waals surface area contributed by atoms with E-state index in [1.165, 1.54) is 42.4 Å². The Labute approximate surface area is 124 Å². The molecule has 0 atom stereocenters. The Morgan fingerprint density at radius 2 is 2.10 bits per heavy atom. The topological polar surface area (TPSA) is 55.0 Å². The first kappa shape index (κ1) is 13.8. The van der Waals surface area contributed by atoms with Gasteiger partial charge in [-0.1, -0.05) is 19.3 Å². The van der Waals surface area contributed by atoms with Gasteiger partial charge in [0.05, 0.1) is 5.39 Å². The Morgan fingerprint density at radius 1 is 1.30 bits per heavy atom. The smallest absolute Gasteiger partial charge is 0.141 e. The van der Waals surface area contributed by atoms with E-state index in [1.807, 2.05) is 0 Å². The van der Waals surface area contributed by atoms with Crippen molar-refractivity contribution in [1.82, 2.24) is 9.97 Å². The van der Waals surface area contributed by atoms with Crippen LogP contribution in [0.4, 0.5) is 5.82 Å². The van der Waals surface area contributed by atoms with Gasteiger partial charge in [-0.05, 0) is 25.8 Å². The van der Waals surface area contributed by atoms with Crippen LogP contribution in [-0.4, -0.2) is 29.1 Å². The zero-order valence-corrected chi connectivity index (χ0v) is 12.8.